The van der Waals surface area contributed by atoms with E-state index >= 15 is 0 Å². The molecule has 0 fully saturated rings. The minimum atomic E-state index is -0.900. The van der Waals surface area contributed by atoms with E-state index in [0.29, 0.717) is 11.2 Å². The molecule has 1 heterocycles. The fourth-order valence-corrected chi connectivity index (χ4v) is 1.74. The van der Waals surface area contributed by atoms with Gasteiger partial charge in [-0.25, -0.2) is 14.8 Å². The molecule has 2 rings (SSSR count). The van der Waals surface area contributed by atoms with Gasteiger partial charge >= 0.3 is 6.09 Å². The number of amides is 1. The Kier molecular flexibility index (Phi) is 3.99. The molecule has 0 unspecified atom stereocenters. The van der Waals surface area contributed by atoms with E-state index in [2.05, 4.69) is 20.1 Å². The lowest BCUT2D eigenvalue weighted by Gasteiger charge is -2.16. The van der Waals surface area contributed by atoms with Gasteiger partial charge in [-0.05, 0) is 44.0 Å². The number of ether oxygens (including phenoxy) is 1. The maximum Gasteiger partial charge on any atom is 0.453 e. The highest BCUT2D eigenvalue weighted by Gasteiger charge is 2.14. The summed E-state index contributed by atoms with van der Waals surface area (Å²) in [6, 6.07) is 3.82. The molecule has 0 atom stereocenters. The molecule has 1 amide bonds. The smallest absolute Gasteiger partial charge is 0.447 e. The first-order valence-electron chi connectivity index (χ1n) is 6.17. The number of nitrogens with zero attached hydrogens (tertiary/aromatic N) is 3. The number of aromatic nitrogens is 2. The number of aryl methyl sites for hydroxylation is 2. The minimum Gasteiger partial charge on any atom is -0.447 e. The highest BCUT2D eigenvalue weighted by atomic mass is 16.6. The lowest BCUT2D eigenvalue weighted by Crippen LogP contribution is -2.34. The topological polar surface area (TPSA) is 87.6 Å². The summed E-state index contributed by atoms with van der Waals surface area (Å²) in [6.45, 7) is 5.77. The van der Waals surface area contributed by atoms with Crippen molar-refractivity contribution in [2.45, 2.75) is 20.8 Å². The van der Waals surface area contributed by atoms with Crippen LogP contribution in [-0.4, -0.2) is 33.0 Å². The SMILES string of the molecule is CCOC(=O)N(O)Nc1ncnc2cc(C)c(C)cc12. The molecule has 1 aromatic carbocycles. The first-order valence-corrected chi connectivity index (χ1v) is 6.17. The van der Waals surface area contributed by atoms with Crippen molar-refractivity contribution in [1.82, 2.24) is 15.1 Å². The molecule has 0 aliphatic rings. The van der Waals surface area contributed by atoms with Crippen molar-refractivity contribution in [2.75, 3.05) is 12.0 Å². The average molecular weight is 276 g/mol. The van der Waals surface area contributed by atoms with Crippen molar-refractivity contribution in [3.63, 3.8) is 0 Å². The molecule has 1 aromatic heterocycles. The highest BCUT2D eigenvalue weighted by molar-refractivity contribution is 5.90. The van der Waals surface area contributed by atoms with Gasteiger partial charge in [-0.1, -0.05) is 5.17 Å². The van der Waals surface area contributed by atoms with Gasteiger partial charge in [0.15, 0.2) is 5.82 Å². The number of hydroxylamine groups is 1. The largest absolute Gasteiger partial charge is 0.453 e. The summed E-state index contributed by atoms with van der Waals surface area (Å²) in [5, 5.41) is 10.5. The Morgan fingerprint density at radius 3 is 2.75 bits per heavy atom. The summed E-state index contributed by atoms with van der Waals surface area (Å²) < 4.78 is 4.66. The molecular weight excluding hydrogens is 260 g/mol. The Hall–Kier alpha value is -2.41. The van der Waals surface area contributed by atoms with E-state index in [1.807, 2.05) is 26.0 Å². The van der Waals surface area contributed by atoms with Gasteiger partial charge in [0.1, 0.15) is 6.33 Å². The number of benzene rings is 1. The summed E-state index contributed by atoms with van der Waals surface area (Å²) in [4.78, 5) is 19.5. The van der Waals surface area contributed by atoms with E-state index in [0.717, 1.165) is 16.6 Å². The van der Waals surface area contributed by atoms with Crippen LogP contribution in [0.5, 0.6) is 0 Å². The van der Waals surface area contributed by atoms with Gasteiger partial charge in [-0.2, -0.15) is 0 Å². The van der Waals surface area contributed by atoms with Crippen LogP contribution in [-0.2, 0) is 4.74 Å². The molecule has 7 heteroatoms. The molecule has 20 heavy (non-hydrogen) atoms. The van der Waals surface area contributed by atoms with Crippen LogP contribution in [0.2, 0.25) is 0 Å². The van der Waals surface area contributed by atoms with Crippen LogP contribution in [0.25, 0.3) is 10.9 Å². The van der Waals surface area contributed by atoms with Crippen LogP contribution in [0, 0.1) is 13.8 Å². The number of hydrazine groups is 1. The van der Waals surface area contributed by atoms with Crippen molar-refractivity contribution in [1.29, 1.82) is 0 Å². The van der Waals surface area contributed by atoms with Gasteiger partial charge in [0.25, 0.3) is 0 Å². The molecule has 0 aliphatic heterocycles. The van der Waals surface area contributed by atoms with Crippen molar-refractivity contribution in [3.8, 4) is 0 Å². The molecule has 0 saturated carbocycles. The Balaban J connectivity index is 2.35. The third-order valence-electron chi connectivity index (χ3n) is 2.90. The molecule has 0 aliphatic carbocycles. The second-order valence-electron chi connectivity index (χ2n) is 4.30. The van der Waals surface area contributed by atoms with Gasteiger partial charge < -0.3 is 4.74 Å². The van der Waals surface area contributed by atoms with E-state index in [1.165, 1.54) is 6.33 Å². The summed E-state index contributed by atoms with van der Waals surface area (Å²) in [5.74, 6) is 0.327. The minimum absolute atomic E-state index is 0.167. The fraction of sp³-hybridized carbons (Fsp3) is 0.308. The molecule has 0 radical (unpaired) electrons. The van der Waals surface area contributed by atoms with Crippen LogP contribution in [0.15, 0.2) is 18.5 Å². The number of fused-ring (bicyclic) bond motifs is 1. The van der Waals surface area contributed by atoms with Crippen LogP contribution < -0.4 is 5.43 Å². The zero-order valence-corrected chi connectivity index (χ0v) is 11.5. The number of anilines is 1. The monoisotopic (exact) mass is 276 g/mol. The van der Waals surface area contributed by atoms with Crippen molar-refractivity contribution < 1.29 is 14.7 Å². The Labute approximate surface area is 116 Å². The predicted molar refractivity (Wildman–Crippen MR) is 73.3 cm³/mol. The third kappa shape index (κ3) is 2.77. The lowest BCUT2D eigenvalue weighted by molar-refractivity contribution is -0.0528. The molecule has 2 N–H and O–H groups in total. The van der Waals surface area contributed by atoms with Gasteiger partial charge in [-0.15, -0.1) is 0 Å². The lowest BCUT2D eigenvalue weighted by atomic mass is 10.1. The maximum atomic E-state index is 11.4. The summed E-state index contributed by atoms with van der Waals surface area (Å²) in [6.07, 6.45) is 0.460. The summed E-state index contributed by atoms with van der Waals surface area (Å²) >= 11 is 0. The zero-order valence-electron chi connectivity index (χ0n) is 11.5. The molecule has 0 bridgehead atoms. The molecule has 106 valence electrons. The fourth-order valence-electron chi connectivity index (χ4n) is 1.74. The summed E-state index contributed by atoms with van der Waals surface area (Å²) in [5.41, 5.74) is 5.37. The number of hydrogen-bond donors (Lipinski definition) is 2. The Bertz CT molecular complexity index is 645. The first-order chi connectivity index (χ1) is 9.52. The maximum absolute atomic E-state index is 11.4. The molecule has 0 spiro atoms. The van der Waals surface area contributed by atoms with E-state index in [1.54, 1.807) is 6.92 Å². The van der Waals surface area contributed by atoms with Crippen LogP contribution in [0.4, 0.5) is 10.6 Å². The average Bonchev–Trinajstić information content (AvgIpc) is 2.41. The number of nitrogens with one attached hydrogen (secondary N) is 1. The molecule has 0 saturated heterocycles. The van der Waals surface area contributed by atoms with E-state index in [9.17, 15) is 10.0 Å². The second kappa shape index (κ2) is 5.70. The number of rotatable bonds is 3. The van der Waals surface area contributed by atoms with Gasteiger partial charge in [0.2, 0.25) is 0 Å². The predicted octanol–water partition coefficient (Wildman–Crippen LogP) is 2.42. The van der Waals surface area contributed by atoms with Crippen molar-refractivity contribution in [2.24, 2.45) is 0 Å². The molecular formula is C13H16N4O3. The first kappa shape index (κ1) is 14.0. The molecule has 2 aromatic rings. The van der Waals surface area contributed by atoms with Gasteiger partial charge in [-0.3, -0.25) is 10.6 Å². The van der Waals surface area contributed by atoms with Crippen molar-refractivity contribution >= 4 is 22.8 Å². The summed E-state index contributed by atoms with van der Waals surface area (Å²) in [7, 11) is 0. The van der Waals surface area contributed by atoms with Crippen LogP contribution in [0.1, 0.15) is 18.1 Å². The number of carbonyl (C=O) groups is 1. The second-order valence-corrected chi connectivity index (χ2v) is 4.30. The quantitative estimate of drug-likeness (QED) is 0.661. The Morgan fingerprint density at radius 2 is 2.05 bits per heavy atom. The zero-order chi connectivity index (χ0) is 14.7. The van der Waals surface area contributed by atoms with E-state index in [-0.39, 0.29) is 11.8 Å². The Morgan fingerprint density at radius 1 is 1.35 bits per heavy atom. The van der Waals surface area contributed by atoms with Crippen LogP contribution in [0.3, 0.4) is 0 Å². The van der Waals surface area contributed by atoms with Gasteiger partial charge in [0, 0.05) is 5.39 Å². The van der Waals surface area contributed by atoms with E-state index in [4.69, 9.17) is 0 Å². The highest BCUT2D eigenvalue weighted by Crippen LogP contribution is 2.23. The third-order valence-corrected chi connectivity index (χ3v) is 2.90. The normalized spacial score (nSPS) is 10.4. The van der Waals surface area contributed by atoms with Crippen molar-refractivity contribution in [3.05, 3.63) is 29.6 Å². The van der Waals surface area contributed by atoms with E-state index < -0.39 is 6.09 Å². The molecule has 7 nitrogen and oxygen atoms in total. The number of carbonyl (C=O) groups excluding carboxylic acids is 1. The standard InChI is InChI=1S/C13H16N4O3/c1-4-20-13(18)17(19)16-12-10-5-8(2)9(3)6-11(10)14-7-15-12/h5-7,19H,4H2,1-3H3,(H,14,15,16). The van der Waals surface area contributed by atoms with Gasteiger partial charge in [0.05, 0.1) is 12.1 Å². The number of hydrogen-bond acceptors (Lipinski definition) is 6. The van der Waals surface area contributed by atoms with Crippen LogP contribution >= 0.6 is 0 Å².